The van der Waals surface area contributed by atoms with E-state index in [0.717, 1.165) is 19.3 Å². The number of aromatic hydroxyl groups is 2. The maximum Gasteiger partial charge on any atom is 0.314 e. The molecule has 0 heterocycles. The highest BCUT2D eigenvalue weighted by Crippen LogP contribution is 2.47. The molecule has 1 saturated carbocycles. The number of rotatable bonds is 2. The van der Waals surface area contributed by atoms with Crippen molar-refractivity contribution in [3.05, 3.63) is 22.2 Å². The highest BCUT2D eigenvalue weighted by molar-refractivity contribution is 9.10. The van der Waals surface area contributed by atoms with Gasteiger partial charge in [-0.15, -0.1) is 0 Å². The predicted octanol–water partition coefficient (Wildman–Crippen LogP) is 3.15. The van der Waals surface area contributed by atoms with Crippen molar-refractivity contribution in [2.45, 2.75) is 37.5 Å². The molecule has 2 rings (SSSR count). The summed E-state index contributed by atoms with van der Waals surface area (Å²) in [4.78, 5) is 11.6. The standard InChI is InChI=1S/C13H15BrO4/c14-8-6-9(11(16)10(15)7-8)13(12(17)18)4-2-1-3-5-13/h6-7,15-16H,1-5H2,(H,17,18). The highest BCUT2D eigenvalue weighted by Gasteiger charge is 2.43. The van der Waals surface area contributed by atoms with E-state index in [0.29, 0.717) is 22.9 Å². The summed E-state index contributed by atoms with van der Waals surface area (Å²) in [6, 6.07) is 2.95. The zero-order valence-corrected chi connectivity index (χ0v) is 11.4. The molecule has 5 heteroatoms. The van der Waals surface area contributed by atoms with E-state index in [1.54, 1.807) is 6.07 Å². The molecular weight excluding hydrogens is 300 g/mol. The second-order valence-electron chi connectivity index (χ2n) is 4.77. The van der Waals surface area contributed by atoms with E-state index >= 15 is 0 Å². The number of carbonyl (C=O) groups is 1. The van der Waals surface area contributed by atoms with Crippen molar-refractivity contribution in [2.24, 2.45) is 0 Å². The molecule has 0 unspecified atom stereocenters. The van der Waals surface area contributed by atoms with Crippen LogP contribution < -0.4 is 0 Å². The lowest BCUT2D eigenvalue weighted by Gasteiger charge is -2.34. The van der Waals surface area contributed by atoms with Gasteiger partial charge in [0.05, 0.1) is 5.41 Å². The third-order valence-corrected chi connectivity index (χ3v) is 4.14. The van der Waals surface area contributed by atoms with Crippen LogP contribution in [0, 0.1) is 0 Å². The summed E-state index contributed by atoms with van der Waals surface area (Å²) in [5, 5.41) is 29.1. The van der Waals surface area contributed by atoms with Crippen LogP contribution >= 0.6 is 15.9 Å². The van der Waals surface area contributed by atoms with Crippen LogP contribution in [-0.2, 0) is 10.2 Å². The molecule has 0 atom stereocenters. The van der Waals surface area contributed by atoms with Crippen molar-refractivity contribution in [1.29, 1.82) is 0 Å². The molecule has 3 N–H and O–H groups in total. The third-order valence-electron chi connectivity index (χ3n) is 3.69. The van der Waals surface area contributed by atoms with E-state index in [2.05, 4.69) is 15.9 Å². The van der Waals surface area contributed by atoms with Crippen molar-refractivity contribution >= 4 is 21.9 Å². The SMILES string of the molecule is O=C(O)C1(c2cc(Br)cc(O)c2O)CCCCC1. The monoisotopic (exact) mass is 314 g/mol. The Morgan fingerprint density at radius 2 is 1.78 bits per heavy atom. The molecule has 1 aromatic rings. The Morgan fingerprint density at radius 3 is 2.33 bits per heavy atom. The van der Waals surface area contributed by atoms with Crippen molar-refractivity contribution in [3.63, 3.8) is 0 Å². The van der Waals surface area contributed by atoms with Crippen LogP contribution in [0.4, 0.5) is 0 Å². The maximum atomic E-state index is 11.6. The van der Waals surface area contributed by atoms with Gasteiger partial charge in [-0.25, -0.2) is 0 Å². The Labute approximate surface area is 113 Å². The number of hydrogen-bond acceptors (Lipinski definition) is 3. The predicted molar refractivity (Wildman–Crippen MR) is 69.9 cm³/mol. The zero-order chi connectivity index (χ0) is 13.3. The van der Waals surface area contributed by atoms with Gasteiger partial charge in [0.15, 0.2) is 11.5 Å². The van der Waals surface area contributed by atoms with Crippen molar-refractivity contribution < 1.29 is 20.1 Å². The maximum absolute atomic E-state index is 11.6. The summed E-state index contributed by atoms with van der Waals surface area (Å²) in [6.45, 7) is 0. The molecule has 0 aromatic heterocycles. The van der Waals surface area contributed by atoms with Gasteiger partial charge in [-0.05, 0) is 25.0 Å². The first-order valence-electron chi connectivity index (χ1n) is 5.93. The molecule has 0 bridgehead atoms. The van der Waals surface area contributed by atoms with E-state index < -0.39 is 11.4 Å². The van der Waals surface area contributed by atoms with E-state index in [9.17, 15) is 20.1 Å². The van der Waals surface area contributed by atoms with E-state index in [1.165, 1.54) is 6.07 Å². The van der Waals surface area contributed by atoms with E-state index in [1.807, 2.05) is 0 Å². The van der Waals surface area contributed by atoms with Gasteiger partial charge < -0.3 is 15.3 Å². The molecule has 4 nitrogen and oxygen atoms in total. The number of hydrogen-bond donors (Lipinski definition) is 3. The fraction of sp³-hybridized carbons (Fsp3) is 0.462. The number of benzene rings is 1. The summed E-state index contributed by atoms with van der Waals surface area (Å²) in [6.07, 6.45) is 3.63. The fourth-order valence-electron chi connectivity index (χ4n) is 2.70. The van der Waals surface area contributed by atoms with Gasteiger partial charge in [0.25, 0.3) is 0 Å². The van der Waals surface area contributed by atoms with Crippen molar-refractivity contribution in [2.75, 3.05) is 0 Å². The van der Waals surface area contributed by atoms with Crippen LogP contribution in [0.5, 0.6) is 11.5 Å². The van der Waals surface area contributed by atoms with Gasteiger partial charge in [-0.2, -0.15) is 0 Å². The quantitative estimate of drug-likeness (QED) is 0.733. The molecular formula is C13H15BrO4. The first-order valence-corrected chi connectivity index (χ1v) is 6.72. The minimum atomic E-state index is -1.08. The summed E-state index contributed by atoms with van der Waals surface area (Å²) >= 11 is 3.22. The van der Waals surface area contributed by atoms with Crippen LogP contribution in [-0.4, -0.2) is 21.3 Å². The molecule has 18 heavy (non-hydrogen) atoms. The minimum Gasteiger partial charge on any atom is -0.504 e. The molecule has 1 aliphatic rings. The van der Waals surface area contributed by atoms with Gasteiger partial charge in [0.2, 0.25) is 0 Å². The molecule has 0 spiro atoms. The van der Waals surface area contributed by atoms with Crippen LogP contribution in [0.3, 0.4) is 0 Å². The average molecular weight is 315 g/mol. The summed E-state index contributed by atoms with van der Waals surface area (Å²) < 4.78 is 0.569. The van der Waals surface area contributed by atoms with Crippen LogP contribution in [0.1, 0.15) is 37.7 Å². The van der Waals surface area contributed by atoms with E-state index in [-0.39, 0.29) is 11.5 Å². The number of carboxylic acids is 1. The molecule has 1 aromatic carbocycles. The fourth-order valence-corrected chi connectivity index (χ4v) is 3.15. The lowest BCUT2D eigenvalue weighted by Crippen LogP contribution is -2.37. The molecule has 0 saturated heterocycles. The highest BCUT2D eigenvalue weighted by atomic mass is 79.9. The number of halogens is 1. The first-order chi connectivity index (χ1) is 8.47. The molecule has 0 radical (unpaired) electrons. The third kappa shape index (κ3) is 2.07. The Morgan fingerprint density at radius 1 is 1.17 bits per heavy atom. The molecule has 1 fully saturated rings. The lowest BCUT2D eigenvalue weighted by atomic mass is 9.69. The van der Waals surface area contributed by atoms with Crippen LogP contribution in [0.15, 0.2) is 16.6 Å². The van der Waals surface area contributed by atoms with Gasteiger partial charge in [-0.3, -0.25) is 4.79 Å². The van der Waals surface area contributed by atoms with Gasteiger partial charge in [0.1, 0.15) is 0 Å². The zero-order valence-electron chi connectivity index (χ0n) is 9.82. The average Bonchev–Trinajstić information content (AvgIpc) is 2.34. The second-order valence-corrected chi connectivity index (χ2v) is 5.68. The van der Waals surface area contributed by atoms with Crippen molar-refractivity contribution in [1.82, 2.24) is 0 Å². The second kappa shape index (κ2) is 4.80. The molecule has 0 amide bonds. The van der Waals surface area contributed by atoms with Crippen molar-refractivity contribution in [3.8, 4) is 11.5 Å². The van der Waals surface area contributed by atoms with Crippen LogP contribution in [0.2, 0.25) is 0 Å². The Bertz CT molecular complexity index is 478. The van der Waals surface area contributed by atoms with Crippen LogP contribution in [0.25, 0.3) is 0 Å². The smallest absolute Gasteiger partial charge is 0.314 e. The summed E-state index contributed by atoms with van der Waals surface area (Å²) in [7, 11) is 0. The molecule has 0 aliphatic heterocycles. The summed E-state index contributed by atoms with van der Waals surface area (Å²) in [5.41, 5.74) is -0.773. The topological polar surface area (TPSA) is 77.8 Å². The van der Waals surface area contributed by atoms with E-state index in [4.69, 9.17) is 0 Å². The van der Waals surface area contributed by atoms with Gasteiger partial charge in [0, 0.05) is 10.0 Å². The number of phenolic OH excluding ortho intramolecular Hbond substituents is 2. The first kappa shape index (κ1) is 13.2. The largest absolute Gasteiger partial charge is 0.504 e. The molecule has 98 valence electrons. The minimum absolute atomic E-state index is 0.287. The summed E-state index contributed by atoms with van der Waals surface area (Å²) in [5.74, 6) is -1.54. The molecule has 1 aliphatic carbocycles. The lowest BCUT2D eigenvalue weighted by molar-refractivity contribution is -0.145. The number of carboxylic acid groups (broad SMARTS) is 1. The Balaban J connectivity index is 2.59. The van der Waals surface area contributed by atoms with Gasteiger partial charge in [-0.1, -0.05) is 35.2 Å². The Hall–Kier alpha value is -1.23. The number of phenols is 2. The Kier molecular flexibility index (Phi) is 3.52. The number of aliphatic carboxylic acids is 1. The normalized spacial score (nSPS) is 18.5. The van der Waals surface area contributed by atoms with Gasteiger partial charge >= 0.3 is 5.97 Å².